The number of rotatable bonds is 6. The summed E-state index contributed by atoms with van der Waals surface area (Å²) >= 11 is 12.1. The third-order valence-electron chi connectivity index (χ3n) is 3.73. The predicted molar refractivity (Wildman–Crippen MR) is 98.7 cm³/mol. The minimum Gasteiger partial charge on any atom is -0.310 e. The maximum Gasteiger partial charge on any atom is 0.242 e. The van der Waals surface area contributed by atoms with E-state index in [2.05, 4.69) is 15.7 Å². The molecule has 1 aromatic heterocycles. The summed E-state index contributed by atoms with van der Waals surface area (Å²) in [5, 5.41) is 11.5. The highest BCUT2D eigenvalue weighted by Crippen LogP contribution is 2.26. The second kappa shape index (κ2) is 8.01. The molecule has 2 N–H and O–H groups in total. The SMILES string of the molecule is CC(NC(C)c1ccc(Cl)cc1Cl)C(=O)Nc1ccnn1C(C)C. The second-order valence-corrected chi connectivity index (χ2v) is 6.86. The van der Waals surface area contributed by atoms with E-state index in [9.17, 15) is 4.79 Å². The van der Waals surface area contributed by atoms with E-state index >= 15 is 0 Å². The summed E-state index contributed by atoms with van der Waals surface area (Å²) < 4.78 is 1.77. The summed E-state index contributed by atoms with van der Waals surface area (Å²) in [6.07, 6.45) is 1.67. The molecule has 1 amide bonds. The lowest BCUT2D eigenvalue weighted by molar-refractivity contribution is -0.118. The molecule has 0 spiro atoms. The average molecular weight is 369 g/mol. The van der Waals surface area contributed by atoms with Crippen LogP contribution in [-0.2, 0) is 4.79 Å². The molecule has 0 aliphatic rings. The van der Waals surface area contributed by atoms with Crippen molar-refractivity contribution in [1.29, 1.82) is 0 Å². The zero-order chi connectivity index (χ0) is 17.9. The summed E-state index contributed by atoms with van der Waals surface area (Å²) in [5.74, 6) is 0.551. The zero-order valence-corrected chi connectivity index (χ0v) is 15.7. The van der Waals surface area contributed by atoms with Gasteiger partial charge in [0.15, 0.2) is 0 Å². The van der Waals surface area contributed by atoms with Crippen LogP contribution in [0.5, 0.6) is 0 Å². The Bertz CT molecular complexity index is 714. The second-order valence-electron chi connectivity index (χ2n) is 6.02. The third kappa shape index (κ3) is 4.50. The summed E-state index contributed by atoms with van der Waals surface area (Å²) in [7, 11) is 0. The van der Waals surface area contributed by atoms with Crippen molar-refractivity contribution in [1.82, 2.24) is 15.1 Å². The molecule has 0 saturated carbocycles. The molecular weight excluding hydrogens is 347 g/mol. The van der Waals surface area contributed by atoms with Crippen LogP contribution in [0.2, 0.25) is 10.0 Å². The van der Waals surface area contributed by atoms with Crippen molar-refractivity contribution in [2.24, 2.45) is 0 Å². The van der Waals surface area contributed by atoms with Gasteiger partial charge in [-0.25, -0.2) is 4.68 Å². The van der Waals surface area contributed by atoms with Crippen molar-refractivity contribution < 1.29 is 4.79 Å². The maximum absolute atomic E-state index is 12.4. The first-order valence-corrected chi connectivity index (χ1v) is 8.60. The van der Waals surface area contributed by atoms with Gasteiger partial charge in [-0.2, -0.15) is 5.10 Å². The number of carbonyl (C=O) groups is 1. The number of nitrogens with one attached hydrogen (secondary N) is 2. The van der Waals surface area contributed by atoms with E-state index < -0.39 is 6.04 Å². The van der Waals surface area contributed by atoms with Gasteiger partial charge in [0.1, 0.15) is 5.82 Å². The average Bonchev–Trinajstić information content (AvgIpc) is 2.95. The number of hydrogen-bond donors (Lipinski definition) is 2. The number of halogens is 2. The van der Waals surface area contributed by atoms with E-state index in [0.717, 1.165) is 5.56 Å². The molecule has 0 aliphatic carbocycles. The van der Waals surface area contributed by atoms with Crippen LogP contribution in [0.4, 0.5) is 5.82 Å². The van der Waals surface area contributed by atoms with Crippen LogP contribution in [0.1, 0.15) is 45.3 Å². The minimum absolute atomic E-state index is 0.0921. The fourth-order valence-corrected chi connectivity index (χ4v) is 3.02. The summed E-state index contributed by atoms with van der Waals surface area (Å²) in [6.45, 7) is 7.78. The van der Waals surface area contributed by atoms with Crippen molar-refractivity contribution in [2.45, 2.75) is 45.8 Å². The van der Waals surface area contributed by atoms with Gasteiger partial charge in [0.2, 0.25) is 5.91 Å². The van der Waals surface area contributed by atoms with Gasteiger partial charge in [-0.3, -0.25) is 10.1 Å². The molecule has 2 rings (SSSR count). The van der Waals surface area contributed by atoms with Gasteiger partial charge < -0.3 is 5.32 Å². The lowest BCUT2D eigenvalue weighted by Crippen LogP contribution is -2.39. The van der Waals surface area contributed by atoms with Crippen LogP contribution in [0.15, 0.2) is 30.5 Å². The molecule has 7 heteroatoms. The van der Waals surface area contributed by atoms with Crippen molar-refractivity contribution in [3.8, 4) is 0 Å². The largest absolute Gasteiger partial charge is 0.310 e. The molecule has 0 saturated heterocycles. The lowest BCUT2D eigenvalue weighted by Gasteiger charge is -2.21. The van der Waals surface area contributed by atoms with Crippen LogP contribution in [0.3, 0.4) is 0 Å². The van der Waals surface area contributed by atoms with E-state index in [1.54, 1.807) is 29.1 Å². The number of hydrogen-bond acceptors (Lipinski definition) is 3. The summed E-state index contributed by atoms with van der Waals surface area (Å²) in [6, 6.07) is 6.80. The summed E-state index contributed by atoms with van der Waals surface area (Å²) in [5.41, 5.74) is 0.896. The van der Waals surface area contributed by atoms with Gasteiger partial charge in [-0.1, -0.05) is 29.3 Å². The Morgan fingerprint density at radius 2 is 1.88 bits per heavy atom. The standard InChI is InChI=1S/C17H22Cl2N4O/c1-10(2)23-16(7-8-20-23)22-17(24)12(4)21-11(3)14-6-5-13(18)9-15(14)19/h5-12,21H,1-4H3,(H,22,24). The first-order chi connectivity index (χ1) is 11.3. The fourth-order valence-electron chi connectivity index (χ4n) is 2.45. The van der Waals surface area contributed by atoms with Crippen molar-refractivity contribution in [2.75, 3.05) is 5.32 Å². The van der Waals surface area contributed by atoms with E-state index in [1.165, 1.54) is 0 Å². The zero-order valence-electron chi connectivity index (χ0n) is 14.2. The number of amides is 1. The van der Waals surface area contributed by atoms with Gasteiger partial charge >= 0.3 is 0 Å². The van der Waals surface area contributed by atoms with Gasteiger partial charge in [-0.05, 0) is 45.4 Å². The molecule has 2 atom stereocenters. The van der Waals surface area contributed by atoms with Crippen LogP contribution in [0, 0.1) is 0 Å². The molecule has 1 aromatic carbocycles. The van der Waals surface area contributed by atoms with Crippen LogP contribution >= 0.6 is 23.2 Å². The van der Waals surface area contributed by atoms with Gasteiger partial charge in [0.05, 0.1) is 12.2 Å². The Morgan fingerprint density at radius 1 is 1.17 bits per heavy atom. The molecule has 2 aromatic rings. The molecule has 0 radical (unpaired) electrons. The van der Waals surface area contributed by atoms with E-state index in [4.69, 9.17) is 23.2 Å². The smallest absolute Gasteiger partial charge is 0.242 e. The minimum atomic E-state index is -0.401. The van der Waals surface area contributed by atoms with Crippen LogP contribution < -0.4 is 10.6 Å². The first-order valence-electron chi connectivity index (χ1n) is 7.85. The summed E-state index contributed by atoms with van der Waals surface area (Å²) in [4.78, 5) is 12.4. The van der Waals surface area contributed by atoms with Crippen molar-refractivity contribution in [3.63, 3.8) is 0 Å². The lowest BCUT2D eigenvalue weighted by atomic mass is 10.1. The molecule has 1 heterocycles. The monoisotopic (exact) mass is 368 g/mol. The molecular formula is C17H22Cl2N4O. The van der Waals surface area contributed by atoms with Crippen LogP contribution in [0.25, 0.3) is 0 Å². The molecule has 130 valence electrons. The normalized spacial score (nSPS) is 13.8. The van der Waals surface area contributed by atoms with Gasteiger partial charge in [0, 0.05) is 28.2 Å². The van der Waals surface area contributed by atoms with E-state index in [1.807, 2.05) is 33.8 Å². The topological polar surface area (TPSA) is 59.0 Å². The van der Waals surface area contributed by atoms with E-state index in [-0.39, 0.29) is 18.0 Å². The first kappa shape index (κ1) is 18.8. The Labute approximate surface area is 152 Å². The molecule has 24 heavy (non-hydrogen) atoms. The highest BCUT2D eigenvalue weighted by molar-refractivity contribution is 6.35. The molecule has 5 nitrogen and oxygen atoms in total. The number of carbonyl (C=O) groups excluding carboxylic acids is 1. The molecule has 0 aliphatic heterocycles. The van der Waals surface area contributed by atoms with E-state index in [0.29, 0.717) is 15.9 Å². The number of benzene rings is 1. The molecule has 0 fully saturated rings. The Balaban J connectivity index is 2.01. The Hall–Kier alpha value is -1.56. The Morgan fingerprint density at radius 3 is 2.50 bits per heavy atom. The van der Waals surface area contributed by atoms with Gasteiger partial charge in [-0.15, -0.1) is 0 Å². The van der Waals surface area contributed by atoms with Gasteiger partial charge in [0.25, 0.3) is 0 Å². The molecule has 2 unspecified atom stereocenters. The number of aromatic nitrogens is 2. The third-order valence-corrected chi connectivity index (χ3v) is 4.30. The van der Waals surface area contributed by atoms with Crippen LogP contribution in [-0.4, -0.2) is 21.7 Å². The number of anilines is 1. The Kier molecular flexibility index (Phi) is 6.27. The van der Waals surface area contributed by atoms with Crippen molar-refractivity contribution >= 4 is 34.9 Å². The predicted octanol–water partition coefficient (Wildman–Crippen LogP) is 4.45. The number of nitrogens with zero attached hydrogens (tertiary/aromatic N) is 2. The highest BCUT2D eigenvalue weighted by atomic mass is 35.5. The van der Waals surface area contributed by atoms with Crippen molar-refractivity contribution in [3.05, 3.63) is 46.1 Å². The fraction of sp³-hybridized carbons (Fsp3) is 0.412. The molecule has 0 bridgehead atoms. The maximum atomic E-state index is 12.4. The quantitative estimate of drug-likeness (QED) is 0.791. The highest BCUT2D eigenvalue weighted by Gasteiger charge is 2.19.